The van der Waals surface area contributed by atoms with Gasteiger partial charge in [-0.2, -0.15) is 0 Å². The zero-order valence-corrected chi connectivity index (χ0v) is 12.1. The fourth-order valence-electron chi connectivity index (χ4n) is 2.08. The van der Waals surface area contributed by atoms with Crippen molar-refractivity contribution in [2.45, 2.75) is 0 Å². The lowest BCUT2D eigenvalue weighted by Gasteiger charge is -2.07. The van der Waals surface area contributed by atoms with Crippen molar-refractivity contribution in [2.75, 3.05) is 14.2 Å². The molecule has 0 atom stereocenters. The molecule has 1 N–H and O–H groups in total. The van der Waals surface area contributed by atoms with Crippen LogP contribution in [0.3, 0.4) is 0 Å². The Kier molecular flexibility index (Phi) is 3.65. The highest BCUT2D eigenvalue weighted by Gasteiger charge is 2.23. The number of carbonyl (C=O) groups is 1. The summed E-state index contributed by atoms with van der Waals surface area (Å²) in [6.45, 7) is 0. The van der Waals surface area contributed by atoms with Crippen molar-refractivity contribution in [1.29, 1.82) is 0 Å². The maximum Gasteiger partial charge on any atom is 0.275 e. The highest BCUT2D eigenvalue weighted by molar-refractivity contribution is 6.19. The van der Waals surface area contributed by atoms with Gasteiger partial charge in [0, 0.05) is 11.6 Å². The third-order valence-electron chi connectivity index (χ3n) is 3.18. The number of carbonyl (C=O) groups excluding carboxylic acids is 1. The van der Waals surface area contributed by atoms with Crippen LogP contribution >= 0.6 is 0 Å². The minimum Gasteiger partial charge on any atom is -0.497 e. The molecule has 1 aromatic heterocycles. The van der Waals surface area contributed by atoms with Crippen molar-refractivity contribution < 1.29 is 18.7 Å². The van der Waals surface area contributed by atoms with E-state index in [-0.39, 0.29) is 11.6 Å². The van der Waals surface area contributed by atoms with E-state index >= 15 is 0 Å². The molecular formula is C16H14N2O4. The largest absolute Gasteiger partial charge is 0.497 e. The zero-order valence-electron chi connectivity index (χ0n) is 12.1. The van der Waals surface area contributed by atoms with Crippen molar-refractivity contribution >= 4 is 17.8 Å². The van der Waals surface area contributed by atoms with E-state index in [0.29, 0.717) is 23.1 Å². The van der Waals surface area contributed by atoms with Crippen LogP contribution in [0.1, 0.15) is 11.3 Å². The van der Waals surface area contributed by atoms with Crippen molar-refractivity contribution in [3.63, 3.8) is 0 Å². The molecule has 1 aliphatic rings. The molecule has 2 heterocycles. The maximum atomic E-state index is 12.0. The van der Waals surface area contributed by atoms with Crippen LogP contribution in [0, 0.1) is 0 Å². The summed E-state index contributed by atoms with van der Waals surface area (Å²) in [5.74, 6) is 1.90. The van der Waals surface area contributed by atoms with E-state index in [2.05, 4.69) is 10.3 Å². The fourth-order valence-corrected chi connectivity index (χ4v) is 2.08. The van der Waals surface area contributed by atoms with Gasteiger partial charge in [-0.15, -0.1) is 0 Å². The van der Waals surface area contributed by atoms with Gasteiger partial charge in [0.2, 0.25) is 0 Å². The Morgan fingerprint density at radius 2 is 2.09 bits per heavy atom. The summed E-state index contributed by atoms with van der Waals surface area (Å²) in [6, 6.07) is 8.81. The van der Waals surface area contributed by atoms with Crippen LogP contribution in [0.25, 0.3) is 6.08 Å². The Morgan fingerprint density at radius 1 is 1.23 bits per heavy atom. The molecule has 6 nitrogen and oxygen atoms in total. The Bertz CT molecular complexity index is 760. The summed E-state index contributed by atoms with van der Waals surface area (Å²) in [5.41, 5.74) is 1.02. The van der Waals surface area contributed by atoms with Crippen LogP contribution in [0.4, 0.5) is 0 Å². The molecule has 0 aliphatic carbocycles. The number of furan rings is 1. The van der Waals surface area contributed by atoms with Gasteiger partial charge in [-0.3, -0.25) is 4.79 Å². The van der Waals surface area contributed by atoms with Gasteiger partial charge in [0.05, 0.1) is 20.5 Å². The number of rotatable bonds is 4. The number of hydrogen-bond acceptors (Lipinski definition) is 5. The lowest BCUT2D eigenvalue weighted by molar-refractivity contribution is -0.115. The van der Waals surface area contributed by atoms with Crippen molar-refractivity contribution in [3.05, 3.63) is 53.6 Å². The van der Waals surface area contributed by atoms with E-state index in [4.69, 9.17) is 13.9 Å². The summed E-state index contributed by atoms with van der Waals surface area (Å²) in [7, 11) is 3.14. The Labute approximate surface area is 127 Å². The smallest absolute Gasteiger partial charge is 0.275 e. The Balaban J connectivity index is 1.96. The number of nitrogens with one attached hydrogen (secondary N) is 1. The first-order valence-corrected chi connectivity index (χ1v) is 6.59. The first-order chi connectivity index (χ1) is 10.7. The van der Waals surface area contributed by atoms with Gasteiger partial charge in [-0.25, -0.2) is 4.99 Å². The van der Waals surface area contributed by atoms with E-state index in [1.165, 1.54) is 6.26 Å². The van der Waals surface area contributed by atoms with Crippen molar-refractivity contribution in [2.24, 2.45) is 4.99 Å². The van der Waals surface area contributed by atoms with Gasteiger partial charge in [0.25, 0.3) is 5.91 Å². The third-order valence-corrected chi connectivity index (χ3v) is 3.18. The molecule has 6 heteroatoms. The minimum absolute atomic E-state index is 0.287. The Morgan fingerprint density at radius 3 is 2.77 bits per heavy atom. The second kappa shape index (κ2) is 5.77. The topological polar surface area (TPSA) is 73.1 Å². The molecule has 22 heavy (non-hydrogen) atoms. The molecule has 0 saturated heterocycles. The predicted molar refractivity (Wildman–Crippen MR) is 80.9 cm³/mol. The van der Waals surface area contributed by atoms with Crippen LogP contribution in [0.2, 0.25) is 0 Å². The zero-order chi connectivity index (χ0) is 15.5. The molecule has 0 fully saturated rings. The summed E-state index contributed by atoms with van der Waals surface area (Å²) in [6.07, 6.45) is 3.18. The summed E-state index contributed by atoms with van der Waals surface area (Å²) in [5, 5.41) is 2.67. The average molecular weight is 298 g/mol. The number of nitrogens with zero attached hydrogens (tertiary/aromatic N) is 1. The maximum absolute atomic E-state index is 12.0. The molecule has 0 unspecified atom stereocenters. The lowest BCUT2D eigenvalue weighted by Crippen LogP contribution is -2.24. The number of amides is 1. The molecule has 1 amide bonds. The number of methoxy groups -OCH3 is 2. The lowest BCUT2D eigenvalue weighted by atomic mass is 10.1. The van der Waals surface area contributed by atoms with Crippen LogP contribution in [0.5, 0.6) is 11.5 Å². The molecule has 0 spiro atoms. The minimum atomic E-state index is -0.288. The Hall–Kier alpha value is -3.02. The van der Waals surface area contributed by atoms with E-state index in [9.17, 15) is 4.79 Å². The molecule has 0 radical (unpaired) electrons. The molecule has 1 aliphatic heterocycles. The van der Waals surface area contributed by atoms with E-state index in [0.717, 1.165) is 5.56 Å². The van der Waals surface area contributed by atoms with Gasteiger partial charge in [-0.1, -0.05) is 0 Å². The van der Waals surface area contributed by atoms with Crippen molar-refractivity contribution in [1.82, 2.24) is 5.32 Å². The average Bonchev–Trinajstić information content (AvgIpc) is 3.18. The highest BCUT2D eigenvalue weighted by atomic mass is 16.5. The second-order valence-corrected chi connectivity index (χ2v) is 4.53. The predicted octanol–water partition coefficient (Wildman–Crippen LogP) is 2.21. The summed E-state index contributed by atoms with van der Waals surface area (Å²) < 4.78 is 15.7. The second-order valence-electron chi connectivity index (χ2n) is 4.53. The first kappa shape index (κ1) is 13.9. The molecule has 3 rings (SSSR count). The molecule has 112 valence electrons. The van der Waals surface area contributed by atoms with Gasteiger partial charge in [-0.05, 0) is 30.3 Å². The number of aliphatic imine (C=N–C) groups is 1. The molecular weight excluding hydrogens is 284 g/mol. The fraction of sp³-hybridized carbons (Fsp3) is 0.125. The van der Waals surface area contributed by atoms with Gasteiger partial charge < -0.3 is 19.2 Å². The molecule has 2 aromatic rings. The quantitative estimate of drug-likeness (QED) is 0.878. The monoisotopic (exact) mass is 298 g/mol. The SMILES string of the molecule is COc1ccc(/C=C2/N=C(c3ccco3)NC2=O)c(OC)c1. The van der Waals surface area contributed by atoms with Crippen LogP contribution < -0.4 is 14.8 Å². The molecule has 0 saturated carbocycles. The number of hydrogen-bond donors (Lipinski definition) is 1. The number of benzene rings is 1. The summed E-state index contributed by atoms with van der Waals surface area (Å²) in [4.78, 5) is 16.3. The number of ether oxygens (including phenoxy) is 2. The standard InChI is InChI=1S/C16H14N2O4/c1-20-11-6-5-10(14(9-11)21-2)8-12-16(19)18-15(17-12)13-4-3-7-22-13/h3-9H,1-2H3,(H,17,18,19)/b12-8+. The van der Waals surface area contributed by atoms with Crippen LogP contribution in [-0.2, 0) is 4.79 Å². The third kappa shape index (κ3) is 2.58. The number of amidine groups is 1. The van der Waals surface area contributed by atoms with E-state index < -0.39 is 0 Å². The normalized spacial score (nSPS) is 15.6. The van der Waals surface area contributed by atoms with E-state index in [1.807, 2.05) is 0 Å². The van der Waals surface area contributed by atoms with Crippen molar-refractivity contribution in [3.8, 4) is 11.5 Å². The van der Waals surface area contributed by atoms with Gasteiger partial charge in [0.15, 0.2) is 11.6 Å². The van der Waals surface area contributed by atoms with Gasteiger partial charge in [0.1, 0.15) is 17.2 Å². The molecule has 1 aromatic carbocycles. The first-order valence-electron chi connectivity index (χ1n) is 6.59. The highest BCUT2D eigenvalue weighted by Crippen LogP contribution is 2.27. The van der Waals surface area contributed by atoms with Crippen LogP contribution in [0.15, 0.2) is 51.7 Å². The summed E-state index contributed by atoms with van der Waals surface area (Å²) >= 11 is 0. The van der Waals surface area contributed by atoms with E-state index in [1.54, 1.807) is 50.6 Å². The van der Waals surface area contributed by atoms with Crippen LogP contribution in [-0.4, -0.2) is 26.0 Å². The molecule has 0 bridgehead atoms. The van der Waals surface area contributed by atoms with Gasteiger partial charge >= 0.3 is 0 Å².